The van der Waals surface area contributed by atoms with E-state index >= 15 is 0 Å². The first-order valence-electron chi connectivity index (χ1n) is 15.2. The van der Waals surface area contributed by atoms with Gasteiger partial charge in [-0.15, -0.1) is 18.3 Å². The summed E-state index contributed by atoms with van der Waals surface area (Å²) in [5.74, 6) is -1.08. The minimum atomic E-state index is -0.727. The number of nitrogens with one attached hydrogen (secondary N) is 2. The molecule has 10 nitrogen and oxygen atoms in total. The van der Waals surface area contributed by atoms with Crippen molar-refractivity contribution in [3.8, 4) is 0 Å². The molecule has 2 bridgehead atoms. The van der Waals surface area contributed by atoms with E-state index in [0.29, 0.717) is 12.8 Å². The van der Waals surface area contributed by atoms with Crippen LogP contribution < -0.4 is 27.2 Å². The van der Waals surface area contributed by atoms with Crippen molar-refractivity contribution in [1.29, 1.82) is 0 Å². The molecule has 0 heterocycles. The first-order chi connectivity index (χ1) is 19.9. The molecule has 3 aliphatic rings. The van der Waals surface area contributed by atoms with Gasteiger partial charge in [-0.3, -0.25) is 24.0 Å². The van der Waals surface area contributed by atoms with Crippen molar-refractivity contribution in [2.75, 3.05) is 29.5 Å². The molecule has 0 aliphatic heterocycles. The van der Waals surface area contributed by atoms with Gasteiger partial charge in [0.2, 0.25) is 5.91 Å². The number of nitrogens with two attached hydrogens (primary N) is 1. The molecule has 1 aromatic rings. The largest absolute Gasteiger partial charge is 0.461 e. The Bertz CT molecular complexity index is 1370. The van der Waals surface area contributed by atoms with Crippen molar-refractivity contribution in [1.82, 2.24) is 0 Å². The molecule has 3 saturated carbocycles. The molecule has 8 atom stereocenters. The van der Waals surface area contributed by atoms with Crippen LogP contribution >= 0.6 is 11.8 Å². The molecule has 0 aromatic heterocycles. The number of rotatable bonds is 11. The fraction of sp³-hybridized carbons (Fsp3) is 0.719. The number of carbonyl (C=O) groups excluding carboxylic acids is 3. The minimum Gasteiger partial charge on any atom is -0.461 e. The highest BCUT2D eigenvalue weighted by atomic mass is 32.2. The number of aliphatic hydroxyl groups excluding tert-OH is 1. The zero-order valence-corrected chi connectivity index (χ0v) is 27.0. The van der Waals surface area contributed by atoms with E-state index in [2.05, 4.69) is 38.0 Å². The molecule has 3 aliphatic carbocycles. The molecule has 3 fully saturated rings. The highest BCUT2D eigenvalue weighted by molar-refractivity contribution is 8.01. The van der Waals surface area contributed by atoms with Gasteiger partial charge in [-0.25, -0.2) is 0 Å². The summed E-state index contributed by atoms with van der Waals surface area (Å²) in [4.78, 5) is 62.1. The summed E-state index contributed by atoms with van der Waals surface area (Å²) in [7, 11) is 0. The van der Waals surface area contributed by atoms with E-state index in [1.807, 2.05) is 20.8 Å². The number of anilines is 2. The molecule has 0 radical (unpaired) electrons. The number of Topliss-reactive ketones (excluding diaryl/α,β-unsaturated/α-hetero) is 1. The number of ether oxygens (including phenoxy) is 1. The van der Waals surface area contributed by atoms with Crippen molar-refractivity contribution >= 4 is 40.8 Å². The Morgan fingerprint density at radius 1 is 1.14 bits per heavy atom. The SMILES string of the molecule is C=C[C@]1(C)C[C@@H](OC(=O)CSC(C)(C)CNc2c(NCC(N)=O)c(=O)c2=O)[C@]2(C)[C@H](C)CC[C@]3(CCC(=O)[C@H]32)[C@@H](C)[C@@H]1O. The predicted molar refractivity (Wildman–Crippen MR) is 169 cm³/mol. The van der Waals surface area contributed by atoms with E-state index in [-0.39, 0.29) is 59.2 Å². The van der Waals surface area contributed by atoms with E-state index in [9.17, 15) is 29.1 Å². The average Bonchev–Trinajstić information content (AvgIpc) is 3.31. The Labute approximate surface area is 257 Å². The van der Waals surface area contributed by atoms with Gasteiger partial charge in [0, 0.05) is 34.5 Å². The summed E-state index contributed by atoms with van der Waals surface area (Å²) in [6.45, 7) is 16.2. The van der Waals surface area contributed by atoms with E-state index in [0.717, 1.165) is 19.3 Å². The van der Waals surface area contributed by atoms with Crippen LogP contribution in [0, 0.1) is 34.0 Å². The zero-order chi connectivity index (χ0) is 32.1. The Kier molecular flexibility index (Phi) is 9.03. The quantitative estimate of drug-likeness (QED) is 0.165. The molecule has 4 rings (SSSR count). The molecule has 0 spiro atoms. The number of hydrogen-bond acceptors (Lipinski definition) is 10. The summed E-state index contributed by atoms with van der Waals surface area (Å²) in [6.07, 6.45) is 3.83. The smallest absolute Gasteiger partial charge is 0.316 e. The summed E-state index contributed by atoms with van der Waals surface area (Å²) >= 11 is 1.34. The third-order valence-electron chi connectivity index (χ3n) is 11.2. The van der Waals surface area contributed by atoms with Gasteiger partial charge in [0.25, 0.3) is 10.9 Å². The van der Waals surface area contributed by atoms with Crippen molar-refractivity contribution in [2.24, 2.45) is 39.7 Å². The predicted octanol–water partition coefficient (Wildman–Crippen LogP) is 3.01. The summed E-state index contributed by atoms with van der Waals surface area (Å²) in [6, 6.07) is 0. The van der Waals surface area contributed by atoms with Gasteiger partial charge in [0.15, 0.2) is 0 Å². The Balaban J connectivity index is 1.50. The fourth-order valence-corrected chi connectivity index (χ4v) is 8.96. The zero-order valence-electron chi connectivity index (χ0n) is 26.2. The van der Waals surface area contributed by atoms with Crippen LogP contribution in [0.5, 0.6) is 0 Å². The lowest BCUT2D eigenvalue weighted by atomic mass is 9.44. The average molecular weight is 618 g/mol. The summed E-state index contributed by atoms with van der Waals surface area (Å²) in [5.41, 5.74) is 2.24. The Morgan fingerprint density at radius 2 is 1.77 bits per heavy atom. The Morgan fingerprint density at radius 3 is 2.37 bits per heavy atom. The molecule has 1 aromatic carbocycles. The molecule has 11 heteroatoms. The number of esters is 1. The van der Waals surface area contributed by atoms with E-state index in [1.165, 1.54) is 11.8 Å². The van der Waals surface area contributed by atoms with Crippen LogP contribution in [-0.2, 0) is 19.1 Å². The van der Waals surface area contributed by atoms with Gasteiger partial charge in [-0.2, -0.15) is 0 Å². The molecule has 238 valence electrons. The highest BCUT2D eigenvalue weighted by Crippen LogP contribution is 2.68. The minimum absolute atomic E-state index is 0.0296. The second-order valence-corrected chi connectivity index (χ2v) is 15.9. The number of hydrogen-bond donors (Lipinski definition) is 4. The van der Waals surface area contributed by atoms with Gasteiger partial charge in [0.05, 0.1) is 18.4 Å². The number of thioether (sulfide) groups is 1. The standard InChI is InChI=1S/C32H47N3O7S/c1-8-30(6)13-20(31(7)17(2)9-11-32(18(3)28(30)41)12-10-19(36)27(31)32)42-22(38)15-43-29(4,5)16-35-24-23(25(39)26(24)40)34-14-21(33)37/h8,17-18,20,27-28,34-35,41H,1,9-16H2,2-7H3,(H2,33,37)/t17-,18+,20-,27+,28+,30-,31+,32+/m1/s1. The number of ketones is 1. The van der Waals surface area contributed by atoms with Crippen LogP contribution in [0.2, 0.25) is 0 Å². The number of primary amides is 1. The van der Waals surface area contributed by atoms with Gasteiger partial charge >= 0.3 is 5.97 Å². The van der Waals surface area contributed by atoms with E-state index < -0.39 is 50.5 Å². The van der Waals surface area contributed by atoms with Crippen molar-refractivity contribution < 1.29 is 24.2 Å². The Hall–Kier alpha value is -2.66. The molecular weight excluding hydrogens is 570 g/mol. The topological polar surface area (TPSA) is 165 Å². The molecule has 0 unspecified atom stereocenters. The van der Waals surface area contributed by atoms with Crippen molar-refractivity contribution in [3.05, 3.63) is 33.1 Å². The monoisotopic (exact) mass is 617 g/mol. The number of carbonyl (C=O) groups is 3. The molecule has 5 N–H and O–H groups in total. The lowest BCUT2D eigenvalue weighted by Gasteiger charge is -2.61. The summed E-state index contributed by atoms with van der Waals surface area (Å²) < 4.78 is 5.78. The van der Waals surface area contributed by atoms with Crippen molar-refractivity contribution in [3.63, 3.8) is 0 Å². The van der Waals surface area contributed by atoms with Crippen LogP contribution in [0.25, 0.3) is 0 Å². The number of aliphatic hydroxyl groups is 1. The maximum atomic E-state index is 13.6. The van der Waals surface area contributed by atoms with Crippen LogP contribution in [-0.4, -0.2) is 58.6 Å². The van der Waals surface area contributed by atoms with Crippen molar-refractivity contribution in [2.45, 2.75) is 90.6 Å². The third-order valence-corrected chi connectivity index (χ3v) is 12.5. The first-order valence-corrected chi connectivity index (χ1v) is 16.2. The van der Waals surface area contributed by atoms with Gasteiger partial charge in [-0.1, -0.05) is 33.8 Å². The highest BCUT2D eigenvalue weighted by Gasteiger charge is 2.68. The lowest BCUT2D eigenvalue weighted by molar-refractivity contribution is -0.205. The fourth-order valence-electron chi connectivity index (χ4n) is 8.21. The molecule has 0 saturated heterocycles. The van der Waals surface area contributed by atoms with Gasteiger partial charge < -0.3 is 26.2 Å². The lowest BCUT2D eigenvalue weighted by Crippen LogP contribution is -2.63. The maximum absolute atomic E-state index is 13.6. The van der Waals surface area contributed by atoms with Gasteiger partial charge in [0.1, 0.15) is 23.3 Å². The van der Waals surface area contributed by atoms with Gasteiger partial charge in [-0.05, 0) is 56.8 Å². The summed E-state index contributed by atoms with van der Waals surface area (Å²) in [5, 5.41) is 17.3. The van der Waals surface area contributed by atoms with E-state index in [1.54, 1.807) is 6.08 Å². The second-order valence-electron chi connectivity index (χ2n) is 14.2. The van der Waals surface area contributed by atoms with Crippen LogP contribution in [0.15, 0.2) is 22.2 Å². The van der Waals surface area contributed by atoms with Crippen LogP contribution in [0.1, 0.15) is 73.6 Å². The van der Waals surface area contributed by atoms with E-state index in [4.69, 9.17) is 10.5 Å². The van der Waals surface area contributed by atoms with Crippen LogP contribution in [0.3, 0.4) is 0 Å². The second kappa shape index (κ2) is 11.7. The number of amides is 1. The molecule has 1 amide bonds. The maximum Gasteiger partial charge on any atom is 0.316 e. The van der Waals surface area contributed by atoms with Crippen LogP contribution in [0.4, 0.5) is 11.4 Å². The normalized spacial score (nSPS) is 35.9. The molecule has 43 heavy (non-hydrogen) atoms. The third kappa shape index (κ3) is 5.67. The molecular formula is C32H47N3O7S. The first kappa shape index (κ1) is 33.2.